The maximum atomic E-state index is 13.2. The average Bonchev–Trinajstić information content (AvgIpc) is 2.46. The molecule has 0 aliphatic rings. The lowest BCUT2D eigenvalue weighted by atomic mass is 10.0. The van der Waals surface area contributed by atoms with Gasteiger partial charge in [-0.25, -0.2) is 4.39 Å². The summed E-state index contributed by atoms with van der Waals surface area (Å²) in [5.74, 6) is 0.655. The Labute approximate surface area is 141 Å². The Morgan fingerprint density at radius 2 is 2.00 bits per heavy atom. The van der Waals surface area contributed by atoms with Crippen molar-refractivity contribution >= 4 is 31.9 Å². The van der Waals surface area contributed by atoms with E-state index in [-0.39, 0.29) is 10.6 Å². The molecule has 0 aromatic heterocycles. The van der Waals surface area contributed by atoms with Gasteiger partial charge in [0.2, 0.25) is 0 Å². The second-order valence-corrected chi connectivity index (χ2v) is 6.80. The third kappa shape index (κ3) is 4.82. The predicted octanol–water partition coefficient (Wildman–Crippen LogP) is 6.06. The molecule has 2 aromatic carbocycles. The first-order valence-electron chi connectivity index (χ1n) is 6.91. The van der Waals surface area contributed by atoms with Gasteiger partial charge in [-0.05, 0) is 64.2 Å². The summed E-state index contributed by atoms with van der Waals surface area (Å²) in [4.78, 5) is 0.135. The Kier molecular flexibility index (Phi) is 6.24. The number of halogens is 3. The van der Waals surface area contributed by atoms with Crippen LogP contribution < -0.4 is 4.74 Å². The summed E-state index contributed by atoms with van der Waals surface area (Å²) in [6, 6.07) is 12.8. The van der Waals surface area contributed by atoms with Crippen LogP contribution in [0.4, 0.5) is 4.39 Å². The molecule has 0 saturated heterocycles. The first-order valence-corrected chi connectivity index (χ1v) is 8.61. The maximum absolute atomic E-state index is 13.2. The molecule has 0 spiro atoms. The highest BCUT2D eigenvalue weighted by molar-refractivity contribution is 9.10. The van der Waals surface area contributed by atoms with Crippen LogP contribution in [0.3, 0.4) is 0 Å². The zero-order chi connectivity index (χ0) is 15.2. The summed E-state index contributed by atoms with van der Waals surface area (Å²) < 4.78 is 19.8. The highest BCUT2D eigenvalue weighted by atomic mass is 79.9. The van der Waals surface area contributed by atoms with E-state index in [4.69, 9.17) is 4.74 Å². The normalized spacial score (nSPS) is 12.2. The van der Waals surface area contributed by atoms with Gasteiger partial charge in [-0.3, -0.25) is 0 Å². The topological polar surface area (TPSA) is 9.23 Å². The molecule has 0 fully saturated rings. The largest absolute Gasteiger partial charge is 0.492 e. The van der Waals surface area contributed by atoms with Crippen molar-refractivity contribution in [1.82, 2.24) is 0 Å². The minimum Gasteiger partial charge on any atom is -0.492 e. The van der Waals surface area contributed by atoms with Crippen molar-refractivity contribution in [3.8, 4) is 5.75 Å². The highest BCUT2D eigenvalue weighted by Gasteiger charge is 2.11. The number of ether oxygens (including phenoxy) is 1. The summed E-state index contributed by atoms with van der Waals surface area (Å²) in [6.07, 6.45) is 1.72. The number of hydrogen-bond donors (Lipinski definition) is 0. The smallest absolute Gasteiger partial charge is 0.133 e. The molecule has 0 radical (unpaired) electrons. The van der Waals surface area contributed by atoms with E-state index in [1.165, 1.54) is 6.07 Å². The van der Waals surface area contributed by atoms with Gasteiger partial charge in [0, 0.05) is 4.83 Å². The van der Waals surface area contributed by atoms with Crippen LogP contribution in [-0.2, 0) is 6.42 Å². The Hall–Kier alpha value is -0.870. The van der Waals surface area contributed by atoms with Gasteiger partial charge < -0.3 is 4.74 Å². The average molecular weight is 416 g/mol. The SMILES string of the molecule is CCCOc1ccc(C(Br)Cc2cccc(F)c2)cc1Br. The van der Waals surface area contributed by atoms with Gasteiger partial charge in [0.25, 0.3) is 0 Å². The van der Waals surface area contributed by atoms with Crippen molar-refractivity contribution in [3.05, 3.63) is 63.9 Å². The van der Waals surface area contributed by atoms with Gasteiger partial charge in [-0.1, -0.05) is 41.1 Å². The zero-order valence-electron chi connectivity index (χ0n) is 11.8. The molecule has 1 unspecified atom stereocenters. The molecule has 1 nitrogen and oxygen atoms in total. The minimum absolute atomic E-state index is 0.135. The summed E-state index contributed by atoms with van der Waals surface area (Å²) in [5.41, 5.74) is 2.11. The number of hydrogen-bond acceptors (Lipinski definition) is 1. The molecule has 2 aromatic rings. The van der Waals surface area contributed by atoms with E-state index in [1.54, 1.807) is 12.1 Å². The van der Waals surface area contributed by atoms with E-state index < -0.39 is 0 Å². The fourth-order valence-electron chi connectivity index (χ4n) is 2.03. The van der Waals surface area contributed by atoms with E-state index in [0.717, 1.165) is 34.2 Å². The van der Waals surface area contributed by atoms with Crippen molar-refractivity contribution in [3.63, 3.8) is 0 Å². The van der Waals surface area contributed by atoms with Crippen LogP contribution in [0.5, 0.6) is 5.75 Å². The van der Waals surface area contributed by atoms with E-state index >= 15 is 0 Å². The van der Waals surface area contributed by atoms with Crippen LogP contribution in [0.15, 0.2) is 46.9 Å². The third-order valence-electron chi connectivity index (χ3n) is 3.08. The molecule has 0 bridgehead atoms. The van der Waals surface area contributed by atoms with Gasteiger partial charge >= 0.3 is 0 Å². The molecule has 4 heteroatoms. The Balaban J connectivity index is 2.08. The lowest BCUT2D eigenvalue weighted by molar-refractivity contribution is 0.315. The molecule has 0 aliphatic heterocycles. The van der Waals surface area contributed by atoms with Crippen LogP contribution in [0.2, 0.25) is 0 Å². The Morgan fingerprint density at radius 3 is 2.67 bits per heavy atom. The maximum Gasteiger partial charge on any atom is 0.133 e. The molecule has 2 rings (SSSR count). The molecule has 0 aliphatic carbocycles. The zero-order valence-corrected chi connectivity index (χ0v) is 15.0. The number of rotatable bonds is 6. The van der Waals surface area contributed by atoms with Crippen LogP contribution in [0.1, 0.15) is 29.3 Å². The van der Waals surface area contributed by atoms with E-state index in [0.29, 0.717) is 6.61 Å². The van der Waals surface area contributed by atoms with Gasteiger partial charge in [-0.2, -0.15) is 0 Å². The molecule has 112 valence electrons. The summed E-state index contributed by atoms with van der Waals surface area (Å²) in [7, 11) is 0. The number of alkyl halides is 1. The molecular weight excluding hydrogens is 399 g/mol. The van der Waals surface area contributed by atoms with Crippen molar-refractivity contribution in [1.29, 1.82) is 0 Å². The molecule has 21 heavy (non-hydrogen) atoms. The van der Waals surface area contributed by atoms with E-state index in [2.05, 4.69) is 38.8 Å². The quantitative estimate of drug-likeness (QED) is 0.521. The standard InChI is InChI=1S/C17H17Br2FO/c1-2-8-21-17-7-6-13(11-16(17)19)15(18)10-12-4-3-5-14(20)9-12/h3-7,9,11,15H,2,8,10H2,1H3. The van der Waals surface area contributed by atoms with E-state index in [1.807, 2.05) is 24.3 Å². The molecule has 1 atom stereocenters. The van der Waals surface area contributed by atoms with Crippen LogP contribution in [0, 0.1) is 5.82 Å². The fraction of sp³-hybridized carbons (Fsp3) is 0.294. The Morgan fingerprint density at radius 1 is 1.19 bits per heavy atom. The molecule has 0 amide bonds. The lowest BCUT2D eigenvalue weighted by Gasteiger charge is -2.13. The van der Waals surface area contributed by atoms with Gasteiger partial charge in [0.1, 0.15) is 11.6 Å². The van der Waals surface area contributed by atoms with Crippen LogP contribution in [0.25, 0.3) is 0 Å². The third-order valence-corrected chi connectivity index (χ3v) is 4.56. The minimum atomic E-state index is -0.198. The van der Waals surface area contributed by atoms with Crippen molar-refractivity contribution in [2.45, 2.75) is 24.6 Å². The van der Waals surface area contributed by atoms with Crippen molar-refractivity contribution < 1.29 is 9.13 Å². The molecular formula is C17H17Br2FO. The summed E-state index contributed by atoms with van der Waals surface area (Å²) in [6.45, 7) is 2.79. The fourth-order valence-corrected chi connectivity index (χ4v) is 3.20. The lowest BCUT2D eigenvalue weighted by Crippen LogP contribution is -1.99. The molecule has 0 N–H and O–H groups in total. The Bertz CT molecular complexity index is 601. The molecule has 0 heterocycles. The van der Waals surface area contributed by atoms with E-state index in [9.17, 15) is 4.39 Å². The first-order chi connectivity index (χ1) is 10.1. The van der Waals surface area contributed by atoms with Crippen molar-refractivity contribution in [2.24, 2.45) is 0 Å². The summed E-state index contributed by atoms with van der Waals surface area (Å²) >= 11 is 7.21. The second-order valence-electron chi connectivity index (χ2n) is 4.84. The summed E-state index contributed by atoms with van der Waals surface area (Å²) in [5, 5.41) is 0. The van der Waals surface area contributed by atoms with Gasteiger partial charge in [0.15, 0.2) is 0 Å². The first kappa shape index (κ1) is 16.5. The van der Waals surface area contributed by atoms with Gasteiger partial charge in [0.05, 0.1) is 11.1 Å². The highest BCUT2D eigenvalue weighted by Crippen LogP contribution is 2.33. The second kappa shape index (κ2) is 7.95. The van der Waals surface area contributed by atoms with Crippen LogP contribution in [-0.4, -0.2) is 6.61 Å². The van der Waals surface area contributed by atoms with Gasteiger partial charge in [-0.15, -0.1) is 0 Å². The number of benzene rings is 2. The van der Waals surface area contributed by atoms with Crippen LogP contribution >= 0.6 is 31.9 Å². The predicted molar refractivity (Wildman–Crippen MR) is 91.7 cm³/mol. The van der Waals surface area contributed by atoms with Crippen molar-refractivity contribution in [2.75, 3.05) is 6.61 Å². The monoisotopic (exact) mass is 414 g/mol. The molecule has 0 saturated carbocycles.